The number of hydrogen-bond donors (Lipinski definition) is 1. The van der Waals surface area contributed by atoms with Crippen molar-refractivity contribution >= 4 is 34.7 Å². The van der Waals surface area contributed by atoms with E-state index in [1.807, 2.05) is 51.1 Å². The minimum Gasteiger partial charge on any atom is -0.444 e. The standard InChI is InChI=1S/C25H31ClN4O2/c1-25(2,3)32-24(31)27-16-18-12-14-29(15-13-18)23-28-21-10-6-7-11-22(21)30(23)17-19-8-4-5-9-20(19)26/h4-11,18H,12-17H2,1-3H3,(H,27,31). The molecule has 3 aromatic rings. The molecular weight excluding hydrogens is 424 g/mol. The van der Waals surface area contributed by atoms with Gasteiger partial charge in [-0.05, 0) is 63.3 Å². The smallest absolute Gasteiger partial charge is 0.407 e. The van der Waals surface area contributed by atoms with E-state index in [2.05, 4.69) is 33.0 Å². The van der Waals surface area contributed by atoms with Crippen molar-refractivity contribution in [1.82, 2.24) is 14.9 Å². The number of aromatic nitrogens is 2. The number of alkyl carbamates (subject to hydrolysis) is 1. The van der Waals surface area contributed by atoms with Crippen molar-refractivity contribution in [3.8, 4) is 0 Å². The van der Waals surface area contributed by atoms with Crippen molar-refractivity contribution in [3.63, 3.8) is 0 Å². The highest BCUT2D eigenvalue weighted by molar-refractivity contribution is 6.31. The van der Waals surface area contributed by atoms with Crippen LogP contribution in [0.25, 0.3) is 11.0 Å². The Morgan fingerprint density at radius 2 is 1.81 bits per heavy atom. The number of carbonyl (C=O) groups is 1. The monoisotopic (exact) mass is 454 g/mol. The summed E-state index contributed by atoms with van der Waals surface area (Å²) >= 11 is 6.46. The van der Waals surface area contributed by atoms with Gasteiger partial charge in [0.2, 0.25) is 5.95 Å². The Balaban J connectivity index is 1.45. The van der Waals surface area contributed by atoms with Gasteiger partial charge in [0.05, 0.1) is 17.6 Å². The Morgan fingerprint density at radius 1 is 1.12 bits per heavy atom. The predicted molar refractivity (Wildman–Crippen MR) is 129 cm³/mol. The average molecular weight is 455 g/mol. The molecule has 7 heteroatoms. The number of nitrogens with one attached hydrogen (secondary N) is 1. The minimum absolute atomic E-state index is 0.346. The first-order valence-electron chi connectivity index (χ1n) is 11.2. The van der Waals surface area contributed by atoms with Crippen molar-refractivity contribution < 1.29 is 9.53 Å². The molecule has 1 aliphatic rings. The number of benzene rings is 2. The fourth-order valence-electron chi connectivity index (χ4n) is 4.14. The second kappa shape index (κ2) is 9.41. The molecule has 0 saturated carbocycles. The van der Waals surface area contributed by atoms with E-state index in [4.69, 9.17) is 21.3 Å². The van der Waals surface area contributed by atoms with Crippen molar-refractivity contribution in [1.29, 1.82) is 0 Å². The fraction of sp³-hybridized carbons (Fsp3) is 0.440. The molecule has 1 fully saturated rings. The number of hydrogen-bond acceptors (Lipinski definition) is 4. The molecule has 1 N–H and O–H groups in total. The van der Waals surface area contributed by atoms with Crippen LogP contribution < -0.4 is 10.2 Å². The summed E-state index contributed by atoms with van der Waals surface area (Å²) in [6, 6.07) is 16.2. The van der Waals surface area contributed by atoms with Crippen molar-refractivity contribution in [2.24, 2.45) is 5.92 Å². The number of imidazole rings is 1. The zero-order chi connectivity index (χ0) is 22.7. The molecule has 0 bridgehead atoms. The molecule has 2 aromatic carbocycles. The normalized spacial score (nSPS) is 15.2. The second-order valence-corrected chi connectivity index (χ2v) is 9.80. The van der Waals surface area contributed by atoms with Crippen LogP contribution in [0, 0.1) is 5.92 Å². The van der Waals surface area contributed by atoms with Gasteiger partial charge in [-0.3, -0.25) is 0 Å². The summed E-state index contributed by atoms with van der Waals surface area (Å²) in [5, 5.41) is 3.69. The third-order valence-electron chi connectivity index (χ3n) is 5.75. The Bertz CT molecular complexity index is 1080. The topological polar surface area (TPSA) is 59.4 Å². The number of amides is 1. The van der Waals surface area contributed by atoms with E-state index in [1.54, 1.807) is 0 Å². The molecule has 32 heavy (non-hydrogen) atoms. The molecule has 0 spiro atoms. The minimum atomic E-state index is -0.478. The Kier molecular flexibility index (Phi) is 6.60. The number of carbonyl (C=O) groups excluding carboxylic acids is 1. The van der Waals surface area contributed by atoms with Crippen molar-refractivity contribution in [3.05, 3.63) is 59.1 Å². The summed E-state index contributed by atoms with van der Waals surface area (Å²) < 4.78 is 7.61. The molecule has 0 aliphatic carbocycles. The van der Waals surface area contributed by atoms with Crippen LogP contribution in [0.15, 0.2) is 48.5 Å². The third-order valence-corrected chi connectivity index (χ3v) is 6.12. The molecule has 1 saturated heterocycles. The van der Waals surface area contributed by atoms with Gasteiger partial charge in [-0.25, -0.2) is 9.78 Å². The van der Waals surface area contributed by atoms with Gasteiger partial charge in [0.1, 0.15) is 5.60 Å². The number of nitrogens with zero attached hydrogens (tertiary/aromatic N) is 3. The molecule has 4 rings (SSSR count). The van der Waals surface area contributed by atoms with Gasteiger partial charge in [0.25, 0.3) is 0 Å². The lowest BCUT2D eigenvalue weighted by molar-refractivity contribution is 0.0516. The van der Waals surface area contributed by atoms with E-state index < -0.39 is 5.60 Å². The van der Waals surface area contributed by atoms with Gasteiger partial charge in [0.15, 0.2) is 0 Å². The van der Waals surface area contributed by atoms with E-state index >= 15 is 0 Å². The number of halogens is 1. The van der Waals surface area contributed by atoms with Crippen molar-refractivity contribution in [2.45, 2.75) is 45.8 Å². The van der Waals surface area contributed by atoms with E-state index in [0.29, 0.717) is 19.0 Å². The number of ether oxygens (including phenoxy) is 1. The largest absolute Gasteiger partial charge is 0.444 e. The zero-order valence-electron chi connectivity index (χ0n) is 19.0. The number of piperidine rings is 1. The van der Waals surface area contributed by atoms with Crippen LogP contribution in [-0.4, -0.2) is 40.9 Å². The average Bonchev–Trinajstić information content (AvgIpc) is 3.11. The molecule has 6 nitrogen and oxygen atoms in total. The highest BCUT2D eigenvalue weighted by Crippen LogP contribution is 2.29. The highest BCUT2D eigenvalue weighted by atomic mass is 35.5. The van der Waals surface area contributed by atoms with Crippen LogP contribution in [0.1, 0.15) is 39.2 Å². The second-order valence-electron chi connectivity index (χ2n) is 9.39. The highest BCUT2D eigenvalue weighted by Gasteiger charge is 2.25. The number of anilines is 1. The van der Waals surface area contributed by atoms with Crippen LogP contribution in [-0.2, 0) is 11.3 Å². The van der Waals surface area contributed by atoms with Gasteiger partial charge in [-0.15, -0.1) is 0 Å². The summed E-state index contributed by atoms with van der Waals surface area (Å²) in [5.41, 5.74) is 2.70. The molecule has 1 aromatic heterocycles. The van der Waals surface area contributed by atoms with Crippen molar-refractivity contribution in [2.75, 3.05) is 24.5 Å². The van der Waals surface area contributed by atoms with Gasteiger partial charge in [-0.1, -0.05) is 41.9 Å². The van der Waals surface area contributed by atoms with Gasteiger partial charge in [-0.2, -0.15) is 0 Å². The fourth-order valence-corrected chi connectivity index (χ4v) is 4.33. The summed E-state index contributed by atoms with van der Waals surface area (Å²) in [4.78, 5) is 19.3. The Labute approximate surface area is 194 Å². The molecule has 2 heterocycles. The molecule has 0 radical (unpaired) electrons. The summed E-state index contributed by atoms with van der Waals surface area (Å²) in [6.45, 7) is 8.73. The van der Waals surface area contributed by atoms with Crippen LogP contribution in [0.5, 0.6) is 0 Å². The first-order valence-corrected chi connectivity index (χ1v) is 11.6. The molecular formula is C25H31ClN4O2. The predicted octanol–water partition coefficient (Wildman–Crippen LogP) is 5.48. The molecule has 0 atom stereocenters. The van der Waals surface area contributed by atoms with Gasteiger partial charge in [0, 0.05) is 24.7 Å². The lowest BCUT2D eigenvalue weighted by Crippen LogP contribution is -2.41. The molecule has 1 aliphatic heterocycles. The first-order chi connectivity index (χ1) is 15.3. The van der Waals surface area contributed by atoms with E-state index in [-0.39, 0.29) is 6.09 Å². The lowest BCUT2D eigenvalue weighted by Gasteiger charge is -2.33. The summed E-state index contributed by atoms with van der Waals surface area (Å²) in [5.74, 6) is 1.41. The third kappa shape index (κ3) is 5.36. The Hall–Kier alpha value is -2.73. The van der Waals surface area contributed by atoms with Crippen LogP contribution in [0.4, 0.5) is 10.7 Å². The summed E-state index contributed by atoms with van der Waals surface area (Å²) in [6.07, 6.45) is 1.64. The SMILES string of the molecule is CC(C)(C)OC(=O)NCC1CCN(c2nc3ccccc3n2Cc2ccccc2Cl)CC1. The summed E-state index contributed by atoms with van der Waals surface area (Å²) in [7, 11) is 0. The quantitative estimate of drug-likeness (QED) is 0.554. The zero-order valence-corrected chi connectivity index (χ0v) is 19.7. The van der Waals surface area contributed by atoms with Crippen LogP contribution in [0.3, 0.4) is 0 Å². The number of rotatable bonds is 5. The molecule has 0 unspecified atom stereocenters. The number of fused-ring (bicyclic) bond motifs is 1. The van der Waals surface area contributed by atoms with E-state index in [1.165, 1.54) is 0 Å². The maximum atomic E-state index is 12.0. The van der Waals surface area contributed by atoms with Gasteiger partial charge < -0.3 is 19.5 Å². The maximum Gasteiger partial charge on any atom is 0.407 e. The lowest BCUT2D eigenvalue weighted by atomic mass is 9.97. The first kappa shape index (κ1) is 22.5. The van der Waals surface area contributed by atoms with E-state index in [9.17, 15) is 4.79 Å². The Morgan fingerprint density at radius 3 is 2.53 bits per heavy atom. The van der Waals surface area contributed by atoms with Crippen LogP contribution >= 0.6 is 11.6 Å². The molecule has 1 amide bonds. The molecule has 170 valence electrons. The maximum absolute atomic E-state index is 12.0. The van der Waals surface area contributed by atoms with Gasteiger partial charge >= 0.3 is 6.09 Å². The van der Waals surface area contributed by atoms with Crippen LogP contribution in [0.2, 0.25) is 5.02 Å². The van der Waals surface area contributed by atoms with E-state index in [0.717, 1.165) is 53.5 Å². The number of para-hydroxylation sites is 2.